The molecule has 0 unspecified atom stereocenters. The van der Waals surface area contributed by atoms with E-state index >= 15 is 0 Å². The predicted molar refractivity (Wildman–Crippen MR) is 99.0 cm³/mol. The summed E-state index contributed by atoms with van der Waals surface area (Å²) >= 11 is 9.91. The average Bonchev–Trinajstić information content (AvgIpc) is 2.91. The number of fused-ring (bicyclic) bond motifs is 2. The Morgan fingerprint density at radius 1 is 1.00 bits per heavy atom. The second-order valence-electron chi connectivity index (χ2n) is 5.85. The van der Waals surface area contributed by atoms with Gasteiger partial charge in [0.15, 0.2) is 0 Å². The fourth-order valence-corrected chi connectivity index (χ4v) is 3.89. The second kappa shape index (κ2) is 6.06. The highest BCUT2D eigenvalue weighted by Crippen LogP contribution is 2.31. The first-order chi connectivity index (χ1) is 11.2. The van der Waals surface area contributed by atoms with E-state index in [0.717, 1.165) is 34.7 Å². The van der Waals surface area contributed by atoms with Crippen LogP contribution in [0.4, 0.5) is 5.69 Å². The molecule has 0 saturated carbocycles. The normalized spacial score (nSPS) is 13.4. The molecular formula is C19H16BrClN2. The molecule has 116 valence electrons. The number of nitrogens with zero attached hydrogens (tertiary/aromatic N) is 2. The van der Waals surface area contributed by atoms with E-state index in [1.54, 1.807) is 0 Å². The van der Waals surface area contributed by atoms with Crippen LogP contribution >= 0.6 is 27.5 Å². The number of halogens is 2. The quantitative estimate of drug-likeness (QED) is 0.566. The van der Waals surface area contributed by atoms with E-state index in [-0.39, 0.29) is 0 Å². The van der Waals surface area contributed by atoms with Gasteiger partial charge in [0.25, 0.3) is 0 Å². The third-order valence-corrected chi connectivity index (χ3v) is 5.17. The number of aromatic nitrogens is 1. The Morgan fingerprint density at radius 2 is 1.87 bits per heavy atom. The SMILES string of the molecule is Clc1cc(Br)ccc1CN1Cc2cccn2Cc2ccccc21. The summed E-state index contributed by atoms with van der Waals surface area (Å²) < 4.78 is 3.33. The van der Waals surface area contributed by atoms with Gasteiger partial charge in [-0.3, -0.25) is 0 Å². The van der Waals surface area contributed by atoms with Crippen LogP contribution in [-0.4, -0.2) is 4.57 Å². The van der Waals surface area contributed by atoms with E-state index in [1.165, 1.54) is 16.9 Å². The van der Waals surface area contributed by atoms with Crippen molar-refractivity contribution < 1.29 is 0 Å². The molecule has 4 rings (SSSR count). The van der Waals surface area contributed by atoms with Crippen molar-refractivity contribution in [1.82, 2.24) is 4.57 Å². The minimum absolute atomic E-state index is 0.800. The van der Waals surface area contributed by atoms with Gasteiger partial charge in [0.2, 0.25) is 0 Å². The predicted octanol–water partition coefficient (Wildman–Crippen LogP) is 5.47. The Kier molecular flexibility index (Phi) is 3.92. The Hall–Kier alpha value is -1.71. The maximum atomic E-state index is 6.43. The Morgan fingerprint density at radius 3 is 2.74 bits per heavy atom. The van der Waals surface area contributed by atoms with Crippen molar-refractivity contribution >= 4 is 33.2 Å². The number of para-hydroxylation sites is 1. The third-order valence-electron chi connectivity index (χ3n) is 4.33. The van der Waals surface area contributed by atoms with Gasteiger partial charge in [-0.25, -0.2) is 0 Å². The lowest BCUT2D eigenvalue weighted by Gasteiger charge is -2.25. The summed E-state index contributed by atoms with van der Waals surface area (Å²) in [5.41, 5.74) is 5.10. The van der Waals surface area contributed by atoms with Crippen LogP contribution in [0.1, 0.15) is 16.8 Å². The van der Waals surface area contributed by atoms with Crippen molar-refractivity contribution in [2.45, 2.75) is 19.6 Å². The molecule has 1 aromatic heterocycles. The molecule has 0 amide bonds. The van der Waals surface area contributed by atoms with Crippen LogP contribution in [-0.2, 0) is 19.6 Å². The van der Waals surface area contributed by atoms with Crippen LogP contribution in [0.25, 0.3) is 0 Å². The molecule has 2 heterocycles. The summed E-state index contributed by atoms with van der Waals surface area (Å²) in [6, 6.07) is 19.1. The summed E-state index contributed by atoms with van der Waals surface area (Å²) in [6.45, 7) is 2.60. The molecule has 1 aliphatic heterocycles. The van der Waals surface area contributed by atoms with Gasteiger partial charge < -0.3 is 9.47 Å². The maximum absolute atomic E-state index is 6.43. The van der Waals surface area contributed by atoms with Crippen LogP contribution < -0.4 is 4.90 Å². The van der Waals surface area contributed by atoms with Crippen molar-refractivity contribution in [2.75, 3.05) is 4.90 Å². The van der Waals surface area contributed by atoms with Gasteiger partial charge in [-0.1, -0.05) is 51.8 Å². The molecule has 0 spiro atoms. The van der Waals surface area contributed by atoms with Gasteiger partial charge in [0.05, 0.1) is 6.54 Å². The van der Waals surface area contributed by atoms with Gasteiger partial charge >= 0.3 is 0 Å². The molecule has 0 saturated heterocycles. The molecule has 4 heteroatoms. The summed E-state index contributed by atoms with van der Waals surface area (Å²) in [5, 5.41) is 0.802. The zero-order valence-corrected chi connectivity index (χ0v) is 14.9. The van der Waals surface area contributed by atoms with Crippen molar-refractivity contribution in [2.24, 2.45) is 0 Å². The van der Waals surface area contributed by atoms with Crippen LogP contribution in [0, 0.1) is 0 Å². The van der Waals surface area contributed by atoms with Crippen LogP contribution in [0.15, 0.2) is 65.3 Å². The molecule has 0 atom stereocenters. The average molecular weight is 388 g/mol. The van der Waals surface area contributed by atoms with Crippen molar-refractivity contribution in [3.05, 3.63) is 87.1 Å². The highest BCUT2D eigenvalue weighted by molar-refractivity contribution is 9.10. The summed E-state index contributed by atoms with van der Waals surface area (Å²) in [5.74, 6) is 0. The Bertz CT molecular complexity index is 856. The molecule has 0 fully saturated rings. The molecular weight excluding hydrogens is 372 g/mol. The van der Waals surface area contributed by atoms with Crippen molar-refractivity contribution in [3.63, 3.8) is 0 Å². The molecule has 0 bridgehead atoms. The Balaban J connectivity index is 1.74. The van der Waals surface area contributed by atoms with Gasteiger partial charge in [-0.2, -0.15) is 0 Å². The maximum Gasteiger partial charge on any atom is 0.0585 e. The summed E-state index contributed by atoms with van der Waals surface area (Å²) in [6.07, 6.45) is 2.15. The molecule has 3 aromatic rings. The number of anilines is 1. The summed E-state index contributed by atoms with van der Waals surface area (Å²) in [4.78, 5) is 2.41. The van der Waals surface area contributed by atoms with Gasteiger partial charge in [-0.05, 0) is 41.5 Å². The molecule has 2 nitrogen and oxygen atoms in total. The van der Waals surface area contributed by atoms with Gasteiger partial charge in [0.1, 0.15) is 0 Å². The van der Waals surface area contributed by atoms with Crippen LogP contribution in [0.2, 0.25) is 5.02 Å². The molecule has 0 radical (unpaired) electrons. The standard InChI is InChI=1S/C19H16BrClN2/c20-16-8-7-14(18(21)10-16)11-23-13-17-5-3-9-22(17)12-15-4-1-2-6-19(15)23/h1-10H,11-13H2. The topological polar surface area (TPSA) is 8.17 Å². The first-order valence-electron chi connectivity index (χ1n) is 7.61. The lowest BCUT2D eigenvalue weighted by Crippen LogP contribution is -2.22. The highest BCUT2D eigenvalue weighted by Gasteiger charge is 2.19. The monoisotopic (exact) mass is 386 g/mol. The highest BCUT2D eigenvalue weighted by atomic mass is 79.9. The van der Waals surface area contributed by atoms with E-state index in [1.807, 2.05) is 12.1 Å². The number of benzene rings is 2. The van der Waals surface area contributed by atoms with E-state index in [0.29, 0.717) is 0 Å². The zero-order valence-electron chi connectivity index (χ0n) is 12.5. The second-order valence-corrected chi connectivity index (χ2v) is 7.17. The molecule has 1 aliphatic rings. The fourth-order valence-electron chi connectivity index (χ4n) is 3.16. The minimum Gasteiger partial charge on any atom is -0.361 e. The lowest BCUT2D eigenvalue weighted by atomic mass is 10.1. The molecule has 0 aliphatic carbocycles. The zero-order chi connectivity index (χ0) is 15.8. The van der Waals surface area contributed by atoms with Gasteiger partial charge in [0, 0.05) is 40.2 Å². The van der Waals surface area contributed by atoms with E-state index in [2.05, 4.69) is 74.1 Å². The largest absolute Gasteiger partial charge is 0.361 e. The van der Waals surface area contributed by atoms with Crippen LogP contribution in [0.5, 0.6) is 0 Å². The van der Waals surface area contributed by atoms with Crippen LogP contribution in [0.3, 0.4) is 0 Å². The third kappa shape index (κ3) is 2.91. The van der Waals surface area contributed by atoms with E-state index in [4.69, 9.17) is 11.6 Å². The fraction of sp³-hybridized carbons (Fsp3) is 0.158. The summed E-state index contributed by atoms with van der Waals surface area (Å²) in [7, 11) is 0. The van der Waals surface area contributed by atoms with E-state index < -0.39 is 0 Å². The number of hydrogen-bond acceptors (Lipinski definition) is 1. The number of rotatable bonds is 2. The first-order valence-corrected chi connectivity index (χ1v) is 8.78. The molecule has 23 heavy (non-hydrogen) atoms. The molecule has 0 N–H and O–H groups in total. The van der Waals surface area contributed by atoms with E-state index in [9.17, 15) is 0 Å². The minimum atomic E-state index is 0.800. The smallest absolute Gasteiger partial charge is 0.0585 e. The Labute approximate surface area is 149 Å². The van der Waals surface area contributed by atoms with Gasteiger partial charge in [-0.15, -0.1) is 0 Å². The molecule has 2 aromatic carbocycles. The number of hydrogen-bond donors (Lipinski definition) is 0. The first kappa shape index (κ1) is 14.9. The lowest BCUT2D eigenvalue weighted by molar-refractivity contribution is 0.735. The van der Waals surface area contributed by atoms with Crippen molar-refractivity contribution in [3.8, 4) is 0 Å². The van der Waals surface area contributed by atoms with Crippen molar-refractivity contribution in [1.29, 1.82) is 0 Å².